The van der Waals surface area contributed by atoms with Crippen LogP contribution in [0.25, 0.3) is 16.9 Å². The lowest BCUT2D eigenvalue weighted by Gasteiger charge is -2.10. The van der Waals surface area contributed by atoms with Crippen LogP contribution in [0, 0.1) is 11.3 Å². The van der Waals surface area contributed by atoms with E-state index in [0.717, 1.165) is 6.26 Å². The summed E-state index contributed by atoms with van der Waals surface area (Å²) in [7, 11) is -3.27. The number of nitriles is 1. The van der Waals surface area contributed by atoms with Crippen molar-refractivity contribution in [2.24, 2.45) is 0 Å². The molecule has 0 bridgehead atoms. The van der Waals surface area contributed by atoms with Gasteiger partial charge in [0, 0.05) is 30.1 Å². The first-order valence-electron chi connectivity index (χ1n) is 8.23. The van der Waals surface area contributed by atoms with E-state index in [1.807, 2.05) is 19.9 Å². The second-order valence-electron chi connectivity index (χ2n) is 6.45. The molecule has 3 rings (SSSR count). The summed E-state index contributed by atoms with van der Waals surface area (Å²) in [6.45, 7) is 4.31. The largest absolute Gasteiger partial charge is 0.295 e. The molecule has 0 amide bonds. The van der Waals surface area contributed by atoms with Crippen LogP contribution in [0.4, 0.5) is 0 Å². The molecule has 11 heteroatoms. The normalized spacial score (nSPS) is 12.0. The van der Waals surface area contributed by atoms with E-state index in [1.54, 1.807) is 17.1 Å². The first-order chi connectivity index (χ1) is 12.7. The smallest absolute Gasteiger partial charge is 0.276 e. The van der Waals surface area contributed by atoms with E-state index in [1.165, 1.54) is 10.7 Å². The van der Waals surface area contributed by atoms with Crippen molar-refractivity contribution in [2.45, 2.75) is 26.3 Å². The van der Waals surface area contributed by atoms with Crippen LogP contribution in [0.15, 0.2) is 23.4 Å². The summed E-state index contributed by atoms with van der Waals surface area (Å²) in [5.41, 5.74) is 1.86. The Balaban J connectivity index is 2.05. The molecule has 10 nitrogen and oxygen atoms in total. The molecule has 0 unspecified atom stereocenters. The Morgan fingerprint density at radius 1 is 1.41 bits per heavy atom. The molecule has 0 aliphatic heterocycles. The average molecular weight is 389 g/mol. The molecule has 0 saturated carbocycles. The lowest BCUT2D eigenvalue weighted by atomic mass is 10.00. The number of H-pyrrole nitrogens is 1. The van der Waals surface area contributed by atoms with E-state index in [0.29, 0.717) is 23.4 Å². The maximum Gasteiger partial charge on any atom is 0.276 e. The minimum Gasteiger partial charge on any atom is -0.295 e. The van der Waals surface area contributed by atoms with Gasteiger partial charge in [-0.25, -0.2) is 22.6 Å². The molecule has 0 aliphatic rings. The minimum absolute atomic E-state index is 0.0963. The van der Waals surface area contributed by atoms with Gasteiger partial charge in [0.25, 0.3) is 5.56 Å². The van der Waals surface area contributed by atoms with Gasteiger partial charge >= 0.3 is 0 Å². The van der Waals surface area contributed by atoms with Crippen molar-refractivity contribution >= 4 is 15.7 Å². The summed E-state index contributed by atoms with van der Waals surface area (Å²) < 4.78 is 27.5. The number of hydrogen-bond donors (Lipinski definition) is 2. The Bertz CT molecular complexity index is 1200. The lowest BCUT2D eigenvalue weighted by Crippen LogP contribution is -2.26. The van der Waals surface area contributed by atoms with E-state index >= 15 is 0 Å². The molecular weight excluding hydrogens is 370 g/mol. The highest BCUT2D eigenvalue weighted by Crippen LogP contribution is 2.25. The predicted octanol–water partition coefficient (Wildman–Crippen LogP) is 0.430. The monoisotopic (exact) mass is 389 g/mol. The van der Waals surface area contributed by atoms with E-state index < -0.39 is 10.0 Å². The Labute approximate surface area is 155 Å². The van der Waals surface area contributed by atoms with Gasteiger partial charge in [-0.3, -0.25) is 14.6 Å². The summed E-state index contributed by atoms with van der Waals surface area (Å²) in [5, 5.41) is 16.2. The number of nitrogens with one attached hydrogen (secondary N) is 2. The quantitative estimate of drug-likeness (QED) is 0.627. The maximum atomic E-state index is 12.9. The highest BCUT2D eigenvalue weighted by molar-refractivity contribution is 7.88. The van der Waals surface area contributed by atoms with E-state index in [2.05, 4.69) is 19.9 Å². The molecule has 27 heavy (non-hydrogen) atoms. The summed E-state index contributed by atoms with van der Waals surface area (Å²) in [5.74, 6) is -0.0963. The SMILES string of the molecule is CC(C)c1c(-c2cnn(CCNS(C)(=O)=O)c2)nc2c(C#N)c[nH]n2c1=O. The van der Waals surface area contributed by atoms with Crippen molar-refractivity contribution in [1.29, 1.82) is 5.26 Å². The van der Waals surface area contributed by atoms with Gasteiger partial charge in [0.15, 0.2) is 5.65 Å². The highest BCUT2D eigenvalue weighted by atomic mass is 32.2. The third-order valence-electron chi connectivity index (χ3n) is 4.01. The van der Waals surface area contributed by atoms with Crippen LogP contribution in [0.2, 0.25) is 0 Å². The topological polar surface area (TPSA) is 138 Å². The average Bonchev–Trinajstić information content (AvgIpc) is 3.19. The zero-order valence-corrected chi connectivity index (χ0v) is 15.9. The van der Waals surface area contributed by atoms with Crippen LogP contribution in [0.1, 0.15) is 30.9 Å². The third-order valence-corrected chi connectivity index (χ3v) is 4.74. The van der Waals surface area contributed by atoms with E-state index in [4.69, 9.17) is 0 Å². The van der Waals surface area contributed by atoms with Crippen molar-refractivity contribution < 1.29 is 8.42 Å². The van der Waals surface area contributed by atoms with Crippen LogP contribution < -0.4 is 10.3 Å². The maximum absolute atomic E-state index is 12.9. The van der Waals surface area contributed by atoms with Gasteiger partial charge in [0.2, 0.25) is 10.0 Å². The summed E-state index contributed by atoms with van der Waals surface area (Å²) >= 11 is 0. The Kier molecular flexibility index (Phi) is 4.86. The molecule has 2 N–H and O–H groups in total. The second-order valence-corrected chi connectivity index (χ2v) is 8.28. The fraction of sp³-hybridized carbons (Fsp3) is 0.375. The second kappa shape index (κ2) is 6.98. The number of aromatic amines is 1. The molecule has 3 heterocycles. The van der Waals surface area contributed by atoms with Gasteiger partial charge < -0.3 is 0 Å². The van der Waals surface area contributed by atoms with Gasteiger partial charge in [-0.05, 0) is 5.92 Å². The van der Waals surface area contributed by atoms with Crippen molar-refractivity contribution in [3.05, 3.63) is 40.1 Å². The molecule has 0 atom stereocenters. The van der Waals surface area contributed by atoms with Crippen LogP contribution in [0.3, 0.4) is 0 Å². The predicted molar refractivity (Wildman–Crippen MR) is 98.7 cm³/mol. The summed E-state index contributed by atoms with van der Waals surface area (Å²) in [4.78, 5) is 17.4. The zero-order chi connectivity index (χ0) is 19.8. The van der Waals surface area contributed by atoms with Crippen molar-refractivity contribution in [1.82, 2.24) is 29.1 Å². The molecule has 0 saturated heterocycles. The van der Waals surface area contributed by atoms with Crippen LogP contribution in [-0.4, -0.2) is 45.6 Å². The van der Waals surface area contributed by atoms with Crippen LogP contribution in [-0.2, 0) is 16.6 Å². The number of hydrogen-bond acceptors (Lipinski definition) is 6. The Morgan fingerprint density at radius 3 is 2.78 bits per heavy atom. The van der Waals surface area contributed by atoms with Crippen molar-refractivity contribution in [3.8, 4) is 17.3 Å². The van der Waals surface area contributed by atoms with Gasteiger partial charge in [0.05, 0.1) is 24.7 Å². The molecule has 0 aliphatic carbocycles. The lowest BCUT2D eigenvalue weighted by molar-refractivity contribution is 0.565. The Morgan fingerprint density at radius 2 is 2.15 bits per heavy atom. The molecule has 142 valence electrons. The van der Waals surface area contributed by atoms with Gasteiger partial charge in [-0.2, -0.15) is 10.4 Å². The molecule has 0 spiro atoms. The van der Waals surface area contributed by atoms with Crippen molar-refractivity contribution in [3.63, 3.8) is 0 Å². The van der Waals surface area contributed by atoms with Gasteiger partial charge in [-0.15, -0.1) is 0 Å². The molecular formula is C16H19N7O3S. The van der Waals surface area contributed by atoms with Crippen molar-refractivity contribution in [2.75, 3.05) is 12.8 Å². The van der Waals surface area contributed by atoms with Gasteiger partial charge in [-0.1, -0.05) is 13.8 Å². The molecule has 3 aromatic heterocycles. The first-order valence-corrected chi connectivity index (χ1v) is 10.1. The third kappa shape index (κ3) is 3.76. The fourth-order valence-electron chi connectivity index (χ4n) is 2.80. The first kappa shape index (κ1) is 18.8. The number of aromatic nitrogens is 5. The Hall–Kier alpha value is -2.97. The number of nitrogens with zero attached hydrogens (tertiary/aromatic N) is 5. The number of rotatable bonds is 6. The van der Waals surface area contributed by atoms with E-state index in [-0.39, 0.29) is 29.2 Å². The fourth-order valence-corrected chi connectivity index (χ4v) is 3.27. The minimum atomic E-state index is -3.27. The molecule has 3 aromatic rings. The number of sulfonamides is 1. The standard InChI is InChI=1S/C16H19N7O3S/c1-10(2)13-14(21-15-11(6-17)7-19-23(15)16(13)24)12-8-18-22(9-12)5-4-20-27(3,25)26/h7-10,19-20H,4-5H2,1-3H3. The van der Waals surface area contributed by atoms with Gasteiger partial charge in [0.1, 0.15) is 11.6 Å². The summed E-state index contributed by atoms with van der Waals surface area (Å²) in [6, 6.07) is 2.01. The zero-order valence-electron chi connectivity index (χ0n) is 15.1. The number of fused-ring (bicyclic) bond motifs is 1. The molecule has 0 fully saturated rings. The molecule has 0 radical (unpaired) electrons. The van der Waals surface area contributed by atoms with Crippen LogP contribution in [0.5, 0.6) is 0 Å². The molecule has 0 aromatic carbocycles. The summed E-state index contributed by atoms with van der Waals surface area (Å²) in [6.07, 6.45) is 5.81. The van der Waals surface area contributed by atoms with E-state index in [9.17, 15) is 18.5 Å². The van der Waals surface area contributed by atoms with Crippen LogP contribution >= 0.6 is 0 Å². The highest BCUT2D eigenvalue weighted by Gasteiger charge is 2.20.